The molecule has 2 atom stereocenters. The number of carbonyl (C=O) groups excluding carboxylic acids is 1. The third-order valence-corrected chi connectivity index (χ3v) is 6.73. The molecule has 2 heterocycles. The zero-order valence-electron chi connectivity index (χ0n) is 20.8. The highest BCUT2D eigenvalue weighted by molar-refractivity contribution is 5.96. The molecule has 182 valence electrons. The summed E-state index contributed by atoms with van der Waals surface area (Å²) in [6, 6.07) is 15.7. The van der Waals surface area contributed by atoms with Crippen LogP contribution in [0.15, 0.2) is 54.7 Å². The summed E-state index contributed by atoms with van der Waals surface area (Å²) < 4.78 is 6.05. The predicted octanol–water partition coefficient (Wildman–Crippen LogP) is 5.10. The number of piperidine rings is 1. The summed E-state index contributed by atoms with van der Waals surface area (Å²) in [5.41, 5.74) is 4.92. The Balaban J connectivity index is 1.48. The standard InChI is InChI=1S/C28H33N5O2/c1-18-13-20(6-8-25(18)28(34)32-22-10-12-33(4)19(2)14-22)27-16-24(9-11-31-27)35-23-7-5-21(17-29)26(15-23)30-3/h5-9,11,13,15-17,19,22,29-30H,10,12,14H2,1-4H3,(H,32,34)/t19-,22-/m1/s1. The largest absolute Gasteiger partial charge is 0.457 e. The number of anilines is 1. The number of aromatic nitrogens is 1. The molecule has 1 aromatic heterocycles. The zero-order valence-corrected chi connectivity index (χ0v) is 20.8. The average Bonchev–Trinajstić information content (AvgIpc) is 2.86. The molecule has 1 amide bonds. The van der Waals surface area contributed by atoms with Gasteiger partial charge in [-0.2, -0.15) is 0 Å². The molecule has 7 nitrogen and oxygen atoms in total. The Labute approximate surface area is 207 Å². The third kappa shape index (κ3) is 5.69. The van der Waals surface area contributed by atoms with E-state index in [2.05, 4.69) is 34.5 Å². The number of rotatable bonds is 7. The third-order valence-electron chi connectivity index (χ3n) is 6.73. The second-order valence-corrected chi connectivity index (χ2v) is 9.18. The van der Waals surface area contributed by atoms with Gasteiger partial charge < -0.3 is 25.7 Å². The van der Waals surface area contributed by atoms with E-state index < -0.39 is 0 Å². The first-order valence-corrected chi connectivity index (χ1v) is 12.0. The van der Waals surface area contributed by atoms with Crippen molar-refractivity contribution in [2.45, 2.75) is 38.8 Å². The molecule has 0 unspecified atom stereocenters. The number of aryl methyl sites for hydroxylation is 1. The summed E-state index contributed by atoms with van der Waals surface area (Å²) in [7, 11) is 3.95. The molecule has 0 saturated carbocycles. The van der Waals surface area contributed by atoms with Gasteiger partial charge in [0.15, 0.2) is 0 Å². The van der Waals surface area contributed by atoms with Crippen molar-refractivity contribution in [1.82, 2.24) is 15.2 Å². The van der Waals surface area contributed by atoms with Crippen molar-refractivity contribution in [2.75, 3.05) is 26.0 Å². The second kappa shape index (κ2) is 10.7. The lowest BCUT2D eigenvalue weighted by Gasteiger charge is -2.35. The van der Waals surface area contributed by atoms with Crippen molar-refractivity contribution in [3.8, 4) is 22.8 Å². The van der Waals surface area contributed by atoms with Crippen LogP contribution in [0.5, 0.6) is 11.5 Å². The Kier molecular flexibility index (Phi) is 7.46. The average molecular weight is 472 g/mol. The first kappa shape index (κ1) is 24.4. The quantitative estimate of drug-likeness (QED) is 0.417. The molecule has 1 aliphatic rings. The maximum absolute atomic E-state index is 12.9. The Bertz CT molecular complexity index is 1230. The van der Waals surface area contributed by atoms with Gasteiger partial charge in [0.25, 0.3) is 5.91 Å². The monoisotopic (exact) mass is 471 g/mol. The number of likely N-dealkylation sites (tertiary alicyclic amines) is 1. The Morgan fingerprint density at radius 2 is 1.97 bits per heavy atom. The molecular formula is C28H33N5O2. The van der Waals surface area contributed by atoms with Crippen molar-refractivity contribution >= 4 is 17.8 Å². The van der Waals surface area contributed by atoms with Gasteiger partial charge in [0, 0.05) is 72.6 Å². The van der Waals surface area contributed by atoms with Crippen molar-refractivity contribution < 1.29 is 9.53 Å². The molecule has 1 aliphatic heterocycles. The second-order valence-electron chi connectivity index (χ2n) is 9.18. The predicted molar refractivity (Wildman–Crippen MR) is 141 cm³/mol. The van der Waals surface area contributed by atoms with E-state index >= 15 is 0 Å². The van der Waals surface area contributed by atoms with Gasteiger partial charge in [-0.3, -0.25) is 9.78 Å². The molecular weight excluding hydrogens is 438 g/mol. The van der Waals surface area contributed by atoms with E-state index in [4.69, 9.17) is 10.1 Å². The van der Waals surface area contributed by atoms with Gasteiger partial charge in [-0.05, 0) is 69.6 Å². The molecule has 1 fully saturated rings. The number of nitrogens with one attached hydrogen (secondary N) is 3. The van der Waals surface area contributed by atoms with E-state index in [0.717, 1.165) is 47.5 Å². The molecule has 3 aromatic rings. The summed E-state index contributed by atoms with van der Waals surface area (Å²) in [6.07, 6.45) is 4.96. The van der Waals surface area contributed by atoms with Gasteiger partial charge in [0.05, 0.1) is 5.69 Å². The first-order valence-electron chi connectivity index (χ1n) is 12.0. The highest BCUT2D eigenvalue weighted by Crippen LogP contribution is 2.29. The number of pyridine rings is 1. The van der Waals surface area contributed by atoms with Crippen LogP contribution in [-0.2, 0) is 0 Å². The number of hydrogen-bond acceptors (Lipinski definition) is 6. The molecule has 4 rings (SSSR count). The van der Waals surface area contributed by atoms with E-state index in [9.17, 15) is 4.79 Å². The van der Waals surface area contributed by atoms with Crippen LogP contribution >= 0.6 is 0 Å². The SMILES string of the molecule is CNc1cc(Oc2ccnc(-c3ccc(C(=O)N[C@@H]4CCN(C)[C@H](C)C4)c(C)c3)c2)ccc1C=N. The number of nitrogens with zero attached hydrogens (tertiary/aromatic N) is 2. The van der Waals surface area contributed by atoms with Crippen molar-refractivity contribution in [3.05, 3.63) is 71.4 Å². The van der Waals surface area contributed by atoms with E-state index in [1.807, 2.05) is 62.5 Å². The van der Waals surface area contributed by atoms with Crippen LogP contribution in [-0.4, -0.2) is 54.7 Å². The molecule has 7 heteroatoms. The molecule has 0 radical (unpaired) electrons. The topological polar surface area (TPSA) is 90.3 Å². The minimum atomic E-state index is -0.0189. The summed E-state index contributed by atoms with van der Waals surface area (Å²) in [5.74, 6) is 1.31. The molecule has 1 saturated heterocycles. The van der Waals surface area contributed by atoms with Gasteiger partial charge in [0.2, 0.25) is 0 Å². The lowest BCUT2D eigenvalue weighted by atomic mass is 9.97. The summed E-state index contributed by atoms with van der Waals surface area (Å²) in [6.45, 7) is 5.16. The molecule has 0 spiro atoms. The minimum Gasteiger partial charge on any atom is -0.457 e. The maximum atomic E-state index is 12.9. The minimum absolute atomic E-state index is 0.0189. The van der Waals surface area contributed by atoms with Gasteiger partial charge >= 0.3 is 0 Å². The van der Waals surface area contributed by atoms with Crippen molar-refractivity contribution in [3.63, 3.8) is 0 Å². The summed E-state index contributed by atoms with van der Waals surface area (Å²) >= 11 is 0. The fourth-order valence-electron chi connectivity index (χ4n) is 4.47. The zero-order chi connectivity index (χ0) is 24.9. The van der Waals surface area contributed by atoms with Crippen LogP contribution in [0.2, 0.25) is 0 Å². The maximum Gasteiger partial charge on any atom is 0.251 e. The van der Waals surface area contributed by atoms with Crippen LogP contribution in [0.4, 0.5) is 5.69 Å². The number of amides is 1. The molecule has 0 bridgehead atoms. The number of hydrogen-bond donors (Lipinski definition) is 3. The Morgan fingerprint density at radius 3 is 2.69 bits per heavy atom. The van der Waals surface area contributed by atoms with Gasteiger partial charge in [-0.25, -0.2) is 0 Å². The Morgan fingerprint density at radius 1 is 1.17 bits per heavy atom. The smallest absolute Gasteiger partial charge is 0.251 e. The highest BCUT2D eigenvalue weighted by atomic mass is 16.5. The van der Waals surface area contributed by atoms with Gasteiger partial charge in [-0.15, -0.1) is 0 Å². The molecule has 3 N–H and O–H groups in total. The van der Waals surface area contributed by atoms with Crippen LogP contribution in [0.25, 0.3) is 11.3 Å². The highest BCUT2D eigenvalue weighted by Gasteiger charge is 2.24. The van der Waals surface area contributed by atoms with Crippen molar-refractivity contribution in [1.29, 1.82) is 5.41 Å². The lowest BCUT2D eigenvalue weighted by Crippen LogP contribution is -2.47. The van der Waals surface area contributed by atoms with E-state index in [1.165, 1.54) is 6.21 Å². The Hall–Kier alpha value is -3.71. The summed E-state index contributed by atoms with van der Waals surface area (Å²) in [5, 5.41) is 13.8. The molecule has 0 aliphatic carbocycles. The van der Waals surface area contributed by atoms with E-state index in [1.54, 1.807) is 6.20 Å². The lowest BCUT2D eigenvalue weighted by molar-refractivity contribution is 0.0896. The fraction of sp³-hybridized carbons (Fsp3) is 0.321. The normalized spacial score (nSPS) is 18.1. The van der Waals surface area contributed by atoms with Crippen molar-refractivity contribution in [2.24, 2.45) is 0 Å². The molecule has 2 aromatic carbocycles. The molecule has 35 heavy (non-hydrogen) atoms. The summed E-state index contributed by atoms with van der Waals surface area (Å²) in [4.78, 5) is 19.8. The number of ether oxygens (including phenoxy) is 1. The van der Waals surface area contributed by atoms with Gasteiger partial charge in [0.1, 0.15) is 11.5 Å². The van der Waals surface area contributed by atoms with E-state index in [0.29, 0.717) is 23.1 Å². The number of benzene rings is 2. The van der Waals surface area contributed by atoms with Crippen LogP contribution in [0, 0.1) is 12.3 Å². The van der Waals surface area contributed by atoms with E-state index in [-0.39, 0.29) is 11.9 Å². The number of carbonyl (C=O) groups is 1. The first-order chi connectivity index (χ1) is 16.9. The van der Waals surface area contributed by atoms with Crippen LogP contribution in [0.1, 0.15) is 41.3 Å². The van der Waals surface area contributed by atoms with Crippen LogP contribution in [0.3, 0.4) is 0 Å². The van der Waals surface area contributed by atoms with Crippen LogP contribution < -0.4 is 15.4 Å². The fourth-order valence-corrected chi connectivity index (χ4v) is 4.47. The van der Waals surface area contributed by atoms with Gasteiger partial charge in [-0.1, -0.05) is 6.07 Å².